The molecule has 0 atom stereocenters. The molecule has 2 rings (SSSR count). The standard InChI is InChI=1S/C13H13F2N3O/c1-2-5-18-13(16-8-17-18)7-12(19)9-3-4-10(14)11(15)6-9/h3-4,6,8H,2,5,7H2,1H3. The lowest BCUT2D eigenvalue weighted by atomic mass is 10.1. The van der Waals surface area contributed by atoms with Crippen LogP contribution in [-0.2, 0) is 13.0 Å². The minimum atomic E-state index is -1.03. The van der Waals surface area contributed by atoms with Crippen LogP contribution < -0.4 is 0 Å². The summed E-state index contributed by atoms with van der Waals surface area (Å²) in [6.45, 7) is 2.66. The highest BCUT2D eigenvalue weighted by Gasteiger charge is 2.14. The quantitative estimate of drug-likeness (QED) is 0.780. The van der Waals surface area contributed by atoms with Crippen molar-refractivity contribution in [2.45, 2.75) is 26.3 Å². The highest BCUT2D eigenvalue weighted by Crippen LogP contribution is 2.11. The minimum absolute atomic E-state index is 0.0189. The first kappa shape index (κ1) is 13.3. The third-order valence-electron chi connectivity index (χ3n) is 2.69. The minimum Gasteiger partial charge on any atom is -0.294 e. The first-order valence-corrected chi connectivity index (χ1v) is 5.96. The van der Waals surface area contributed by atoms with Gasteiger partial charge >= 0.3 is 0 Å². The van der Waals surface area contributed by atoms with Crippen LogP contribution in [0.25, 0.3) is 0 Å². The number of carbonyl (C=O) groups is 1. The monoisotopic (exact) mass is 265 g/mol. The first-order chi connectivity index (χ1) is 9.11. The van der Waals surface area contributed by atoms with Crippen LogP contribution in [0.2, 0.25) is 0 Å². The Bertz CT molecular complexity index is 595. The molecule has 0 bridgehead atoms. The van der Waals surface area contributed by atoms with Gasteiger partial charge in [0, 0.05) is 12.1 Å². The van der Waals surface area contributed by atoms with Crippen molar-refractivity contribution in [1.82, 2.24) is 14.8 Å². The number of nitrogens with zero attached hydrogens (tertiary/aromatic N) is 3. The average Bonchev–Trinajstić information content (AvgIpc) is 2.80. The molecule has 2 aromatic rings. The molecule has 0 unspecified atom stereocenters. The fourth-order valence-electron chi connectivity index (χ4n) is 1.74. The van der Waals surface area contributed by atoms with E-state index in [0.717, 1.165) is 18.6 Å². The van der Waals surface area contributed by atoms with Gasteiger partial charge in [-0.15, -0.1) is 0 Å². The Labute approximate surface area is 109 Å². The summed E-state index contributed by atoms with van der Waals surface area (Å²) < 4.78 is 27.5. The zero-order valence-corrected chi connectivity index (χ0v) is 10.4. The normalized spacial score (nSPS) is 10.7. The Balaban J connectivity index is 2.16. The van der Waals surface area contributed by atoms with E-state index >= 15 is 0 Å². The second kappa shape index (κ2) is 5.69. The lowest BCUT2D eigenvalue weighted by Gasteiger charge is -2.04. The SMILES string of the molecule is CCCn1ncnc1CC(=O)c1ccc(F)c(F)c1. The van der Waals surface area contributed by atoms with E-state index in [1.54, 1.807) is 4.68 Å². The molecule has 0 fully saturated rings. The molecular weight excluding hydrogens is 252 g/mol. The summed E-state index contributed by atoms with van der Waals surface area (Å²) in [5.41, 5.74) is 0.130. The van der Waals surface area contributed by atoms with Crippen LogP contribution >= 0.6 is 0 Å². The van der Waals surface area contributed by atoms with Gasteiger partial charge < -0.3 is 0 Å². The molecular formula is C13H13F2N3O. The van der Waals surface area contributed by atoms with E-state index in [1.165, 1.54) is 12.4 Å². The maximum absolute atomic E-state index is 13.1. The summed E-state index contributed by atoms with van der Waals surface area (Å²) in [6.07, 6.45) is 2.27. The summed E-state index contributed by atoms with van der Waals surface area (Å²) >= 11 is 0. The van der Waals surface area contributed by atoms with Gasteiger partial charge in [-0.05, 0) is 24.6 Å². The van der Waals surface area contributed by atoms with Gasteiger partial charge in [-0.1, -0.05) is 6.92 Å². The summed E-state index contributed by atoms with van der Waals surface area (Å²) in [5.74, 6) is -1.78. The number of aryl methyl sites for hydroxylation is 1. The summed E-state index contributed by atoms with van der Waals surface area (Å²) in [5, 5.41) is 4.00. The topological polar surface area (TPSA) is 47.8 Å². The Kier molecular flexibility index (Phi) is 3.99. The molecule has 0 spiro atoms. The van der Waals surface area contributed by atoms with Crippen molar-refractivity contribution in [3.8, 4) is 0 Å². The number of Topliss-reactive ketones (excluding diaryl/α,β-unsaturated/α-hetero) is 1. The summed E-state index contributed by atoms with van der Waals surface area (Å²) in [6, 6.07) is 3.11. The van der Waals surface area contributed by atoms with Crippen LogP contribution in [-0.4, -0.2) is 20.5 Å². The molecule has 1 aromatic heterocycles. The van der Waals surface area contributed by atoms with Gasteiger partial charge in [0.15, 0.2) is 17.4 Å². The molecule has 1 aromatic carbocycles. The summed E-state index contributed by atoms with van der Waals surface area (Å²) in [7, 11) is 0. The van der Waals surface area contributed by atoms with Gasteiger partial charge in [0.2, 0.25) is 0 Å². The maximum atomic E-state index is 13.1. The zero-order valence-electron chi connectivity index (χ0n) is 10.4. The van der Waals surface area contributed by atoms with Crippen LogP contribution in [0.15, 0.2) is 24.5 Å². The van der Waals surface area contributed by atoms with Crippen molar-refractivity contribution < 1.29 is 13.6 Å². The van der Waals surface area contributed by atoms with E-state index in [-0.39, 0.29) is 17.8 Å². The fourth-order valence-corrected chi connectivity index (χ4v) is 1.74. The predicted molar refractivity (Wildman–Crippen MR) is 64.7 cm³/mol. The number of halogens is 2. The largest absolute Gasteiger partial charge is 0.294 e. The molecule has 0 radical (unpaired) electrons. The molecule has 0 aliphatic carbocycles. The van der Waals surface area contributed by atoms with E-state index in [0.29, 0.717) is 12.4 Å². The zero-order chi connectivity index (χ0) is 13.8. The third kappa shape index (κ3) is 3.01. The Hall–Kier alpha value is -2.11. The van der Waals surface area contributed by atoms with E-state index in [4.69, 9.17) is 0 Å². The van der Waals surface area contributed by atoms with Crippen molar-refractivity contribution in [3.05, 3.63) is 47.5 Å². The highest BCUT2D eigenvalue weighted by atomic mass is 19.2. The van der Waals surface area contributed by atoms with Crippen LogP contribution in [0.5, 0.6) is 0 Å². The molecule has 0 aliphatic heterocycles. The van der Waals surface area contributed by atoms with Crippen LogP contribution in [0.4, 0.5) is 8.78 Å². The molecule has 0 amide bonds. The van der Waals surface area contributed by atoms with Crippen molar-refractivity contribution >= 4 is 5.78 Å². The van der Waals surface area contributed by atoms with Crippen molar-refractivity contribution in [2.24, 2.45) is 0 Å². The second-order valence-corrected chi connectivity index (χ2v) is 4.13. The van der Waals surface area contributed by atoms with Gasteiger partial charge in [-0.25, -0.2) is 18.4 Å². The molecule has 1 heterocycles. The lowest BCUT2D eigenvalue weighted by Crippen LogP contribution is -2.12. The number of hydrogen-bond donors (Lipinski definition) is 0. The Morgan fingerprint density at radius 2 is 2.11 bits per heavy atom. The van der Waals surface area contributed by atoms with Crippen LogP contribution in [0.1, 0.15) is 29.5 Å². The van der Waals surface area contributed by atoms with Crippen molar-refractivity contribution in [2.75, 3.05) is 0 Å². The number of hydrogen-bond acceptors (Lipinski definition) is 3. The fraction of sp³-hybridized carbons (Fsp3) is 0.308. The molecule has 6 heteroatoms. The number of benzene rings is 1. The Morgan fingerprint density at radius 3 is 2.79 bits per heavy atom. The number of carbonyl (C=O) groups excluding carboxylic acids is 1. The Morgan fingerprint density at radius 1 is 1.32 bits per heavy atom. The number of rotatable bonds is 5. The van der Waals surface area contributed by atoms with Crippen molar-refractivity contribution in [1.29, 1.82) is 0 Å². The van der Waals surface area contributed by atoms with Gasteiger partial charge in [0.1, 0.15) is 12.2 Å². The summed E-state index contributed by atoms with van der Waals surface area (Å²) in [4.78, 5) is 16.0. The van der Waals surface area contributed by atoms with Crippen LogP contribution in [0.3, 0.4) is 0 Å². The van der Waals surface area contributed by atoms with E-state index in [1.807, 2.05) is 6.92 Å². The smallest absolute Gasteiger partial charge is 0.170 e. The van der Waals surface area contributed by atoms with Gasteiger partial charge in [-0.3, -0.25) is 4.79 Å². The lowest BCUT2D eigenvalue weighted by molar-refractivity contribution is 0.0988. The molecule has 0 saturated carbocycles. The second-order valence-electron chi connectivity index (χ2n) is 4.13. The molecule has 0 aliphatic rings. The van der Waals surface area contributed by atoms with E-state index in [9.17, 15) is 13.6 Å². The highest BCUT2D eigenvalue weighted by molar-refractivity contribution is 5.97. The van der Waals surface area contributed by atoms with E-state index in [2.05, 4.69) is 10.1 Å². The first-order valence-electron chi connectivity index (χ1n) is 5.96. The molecule has 0 N–H and O–H groups in total. The predicted octanol–water partition coefficient (Wildman–Crippen LogP) is 2.39. The molecule has 100 valence electrons. The molecule has 4 nitrogen and oxygen atoms in total. The number of ketones is 1. The maximum Gasteiger partial charge on any atom is 0.170 e. The third-order valence-corrected chi connectivity index (χ3v) is 2.69. The van der Waals surface area contributed by atoms with Gasteiger partial charge in [0.05, 0.1) is 6.42 Å². The van der Waals surface area contributed by atoms with Gasteiger partial charge in [-0.2, -0.15) is 5.10 Å². The van der Waals surface area contributed by atoms with E-state index < -0.39 is 11.6 Å². The number of aromatic nitrogens is 3. The van der Waals surface area contributed by atoms with Crippen LogP contribution in [0, 0.1) is 11.6 Å². The average molecular weight is 265 g/mol. The van der Waals surface area contributed by atoms with Crippen molar-refractivity contribution in [3.63, 3.8) is 0 Å². The molecule has 0 saturated heterocycles. The van der Waals surface area contributed by atoms with Gasteiger partial charge in [0.25, 0.3) is 0 Å². The molecule has 19 heavy (non-hydrogen) atoms.